The van der Waals surface area contributed by atoms with Gasteiger partial charge in [-0.2, -0.15) is 0 Å². The monoisotopic (exact) mass is 219 g/mol. The number of fused-ring (bicyclic) bond motifs is 1. The lowest BCUT2D eigenvalue weighted by atomic mass is 9.77. The van der Waals surface area contributed by atoms with E-state index in [9.17, 15) is 4.79 Å². The van der Waals surface area contributed by atoms with E-state index in [0.29, 0.717) is 11.4 Å². The van der Waals surface area contributed by atoms with E-state index < -0.39 is 5.41 Å². The van der Waals surface area contributed by atoms with E-state index in [-0.39, 0.29) is 5.91 Å². The molecule has 1 amide bonds. The summed E-state index contributed by atoms with van der Waals surface area (Å²) in [6.07, 6.45) is 1.54. The van der Waals surface area contributed by atoms with E-state index in [1.807, 2.05) is 19.9 Å². The Balaban J connectivity index is 2.65. The van der Waals surface area contributed by atoms with Gasteiger partial charge in [-0.05, 0) is 30.5 Å². The van der Waals surface area contributed by atoms with Gasteiger partial charge in [-0.25, -0.2) is 0 Å². The standard InChI is InChI=1S/C12H17N3O/c1-3-12(4-2)7-5-8(13)9(14)6-10(7)15-11(12)16/h5-6H,3-4,13-14H2,1-2H3,(H,15,16). The van der Waals surface area contributed by atoms with Crippen LogP contribution in [0.5, 0.6) is 0 Å². The van der Waals surface area contributed by atoms with Crippen LogP contribution in [-0.2, 0) is 10.2 Å². The van der Waals surface area contributed by atoms with Crippen molar-refractivity contribution >= 4 is 23.0 Å². The molecule has 0 unspecified atom stereocenters. The number of hydrogen-bond donors (Lipinski definition) is 3. The molecule has 1 aliphatic heterocycles. The van der Waals surface area contributed by atoms with E-state index in [1.54, 1.807) is 6.07 Å². The number of nitrogen functional groups attached to an aromatic ring is 2. The minimum atomic E-state index is -0.433. The Kier molecular flexibility index (Phi) is 2.30. The Morgan fingerprint density at radius 3 is 2.31 bits per heavy atom. The fourth-order valence-electron chi connectivity index (χ4n) is 2.45. The molecule has 0 fully saturated rings. The first kappa shape index (κ1) is 10.8. The van der Waals surface area contributed by atoms with Crippen molar-refractivity contribution in [2.45, 2.75) is 32.1 Å². The quantitative estimate of drug-likeness (QED) is 0.664. The van der Waals surface area contributed by atoms with Crippen LogP contribution < -0.4 is 16.8 Å². The van der Waals surface area contributed by atoms with E-state index in [1.165, 1.54) is 0 Å². The van der Waals surface area contributed by atoms with Gasteiger partial charge in [0.15, 0.2) is 0 Å². The van der Waals surface area contributed by atoms with Gasteiger partial charge in [0.2, 0.25) is 5.91 Å². The predicted octanol–water partition coefficient (Wildman–Crippen LogP) is 1.86. The van der Waals surface area contributed by atoms with E-state index in [4.69, 9.17) is 11.5 Å². The van der Waals surface area contributed by atoms with Gasteiger partial charge in [0.25, 0.3) is 0 Å². The van der Waals surface area contributed by atoms with Gasteiger partial charge in [-0.15, -0.1) is 0 Å². The van der Waals surface area contributed by atoms with Crippen LogP contribution >= 0.6 is 0 Å². The SMILES string of the molecule is CCC1(CC)C(=O)Nc2cc(N)c(N)cc21. The summed E-state index contributed by atoms with van der Waals surface area (Å²) in [6, 6.07) is 3.57. The summed E-state index contributed by atoms with van der Waals surface area (Å²) in [5.74, 6) is 0.0532. The zero-order chi connectivity index (χ0) is 11.9. The average Bonchev–Trinajstić information content (AvgIpc) is 2.52. The van der Waals surface area contributed by atoms with Crippen molar-refractivity contribution < 1.29 is 4.79 Å². The second-order valence-corrected chi connectivity index (χ2v) is 4.27. The molecule has 1 heterocycles. The number of rotatable bonds is 2. The lowest BCUT2D eigenvalue weighted by Gasteiger charge is -2.24. The summed E-state index contributed by atoms with van der Waals surface area (Å²) >= 11 is 0. The van der Waals surface area contributed by atoms with Gasteiger partial charge in [0.05, 0.1) is 16.8 Å². The number of nitrogens with one attached hydrogen (secondary N) is 1. The maximum atomic E-state index is 12.0. The van der Waals surface area contributed by atoms with Crippen molar-refractivity contribution in [3.63, 3.8) is 0 Å². The Bertz CT molecular complexity index is 450. The highest BCUT2D eigenvalue weighted by Crippen LogP contribution is 2.44. The fraction of sp³-hybridized carbons (Fsp3) is 0.417. The van der Waals surface area contributed by atoms with Gasteiger partial charge in [0, 0.05) is 5.69 Å². The molecule has 1 aromatic carbocycles. The van der Waals surface area contributed by atoms with E-state index >= 15 is 0 Å². The van der Waals surface area contributed by atoms with Crippen LogP contribution in [-0.4, -0.2) is 5.91 Å². The largest absolute Gasteiger partial charge is 0.397 e. The van der Waals surface area contributed by atoms with E-state index in [2.05, 4.69) is 5.32 Å². The summed E-state index contributed by atoms with van der Waals surface area (Å²) in [7, 11) is 0. The van der Waals surface area contributed by atoms with Crippen molar-refractivity contribution in [1.82, 2.24) is 0 Å². The number of carbonyl (C=O) groups excluding carboxylic acids is 1. The molecule has 16 heavy (non-hydrogen) atoms. The third-order valence-corrected chi connectivity index (χ3v) is 3.63. The van der Waals surface area contributed by atoms with Crippen LogP contribution in [0.1, 0.15) is 32.3 Å². The van der Waals surface area contributed by atoms with Crippen LogP contribution in [0.4, 0.5) is 17.1 Å². The van der Waals surface area contributed by atoms with Crippen LogP contribution in [0.15, 0.2) is 12.1 Å². The third-order valence-electron chi connectivity index (χ3n) is 3.63. The maximum Gasteiger partial charge on any atom is 0.235 e. The zero-order valence-electron chi connectivity index (χ0n) is 9.63. The number of benzene rings is 1. The van der Waals surface area contributed by atoms with Crippen molar-refractivity contribution in [2.75, 3.05) is 16.8 Å². The minimum Gasteiger partial charge on any atom is -0.397 e. The molecule has 86 valence electrons. The van der Waals surface area contributed by atoms with Gasteiger partial charge in [-0.3, -0.25) is 4.79 Å². The summed E-state index contributed by atoms with van der Waals surface area (Å²) in [5, 5.41) is 2.88. The molecule has 1 aliphatic rings. The topological polar surface area (TPSA) is 81.1 Å². The van der Waals surface area contributed by atoms with Crippen LogP contribution in [0, 0.1) is 0 Å². The van der Waals surface area contributed by atoms with Crippen LogP contribution in [0.25, 0.3) is 0 Å². The summed E-state index contributed by atoms with van der Waals surface area (Å²) in [4.78, 5) is 12.0. The molecule has 0 radical (unpaired) electrons. The van der Waals surface area contributed by atoms with Gasteiger partial charge in [0.1, 0.15) is 0 Å². The third kappa shape index (κ3) is 1.19. The lowest BCUT2D eigenvalue weighted by molar-refractivity contribution is -0.121. The summed E-state index contributed by atoms with van der Waals surface area (Å²) in [5.41, 5.74) is 14.0. The number of anilines is 3. The van der Waals surface area contributed by atoms with Gasteiger partial charge < -0.3 is 16.8 Å². The zero-order valence-corrected chi connectivity index (χ0v) is 9.63. The molecule has 4 heteroatoms. The smallest absolute Gasteiger partial charge is 0.235 e. The fourth-order valence-corrected chi connectivity index (χ4v) is 2.45. The number of nitrogens with two attached hydrogens (primary N) is 2. The molecule has 0 saturated carbocycles. The number of carbonyl (C=O) groups is 1. The number of amides is 1. The molecule has 0 aliphatic carbocycles. The molecule has 5 N–H and O–H groups in total. The van der Waals surface area contributed by atoms with Gasteiger partial charge >= 0.3 is 0 Å². The van der Waals surface area contributed by atoms with Crippen LogP contribution in [0.3, 0.4) is 0 Å². The first-order valence-corrected chi connectivity index (χ1v) is 5.56. The highest BCUT2D eigenvalue weighted by molar-refractivity contribution is 6.07. The molecule has 1 aromatic rings. The van der Waals surface area contributed by atoms with Crippen molar-refractivity contribution in [2.24, 2.45) is 0 Å². The molecule has 0 atom stereocenters. The first-order valence-electron chi connectivity index (χ1n) is 5.56. The molecule has 4 nitrogen and oxygen atoms in total. The Morgan fingerprint density at radius 2 is 1.75 bits per heavy atom. The highest BCUT2D eigenvalue weighted by Gasteiger charge is 2.44. The molecule has 0 spiro atoms. The first-order chi connectivity index (χ1) is 7.55. The Labute approximate surface area is 95.0 Å². The lowest BCUT2D eigenvalue weighted by Crippen LogP contribution is -2.32. The Hall–Kier alpha value is -1.71. The molecule has 0 saturated heterocycles. The predicted molar refractivity (Wildman–Crippen MR) is 66.2 cm³/mol. The van der Waals surface area contributed by atoms with Crippen molar-refractivity contribution in [3.05, 3.63) is 17.7 Å². The molecule has 0 bridgehead atoms. The average molecular weight is 219 g/mol. The molecular formula is C12H17N3O. The summed E-state index contributed by atoms with van der Waals surface area (Å²) < 4.78 is 0. The Morgan fingerprint density at radius 1 is 1.19 bits per heavy atom. The second kappa shape index (κ2) is 3.40. The second-order valence-electron chi connectivity index (χ2n) is 4.27. The van der Waals surface area contributed by atoms with Gasteiger partial charge in [-0.1, -0.05) is 13.8 Å². The highest BCUT2D eigenvalue weighted by atomic mass is 16.2. The maximum absolute atomic E-state index is 12.0. The number of hydrogen-bond acceptors (Lipinski definition) is 3. The van der Waals surface area contributed by atoms with Crippen molar-refractivity contribution in [1.29, 1.82) is 0 Å². The minimum absolute atomic E-state index is 0.0532. The van der Waals surface area contributed by atoms with Crippen molar-refractivity contribution in [3.8, 4) is 0 Å². The summed E-state index contributed by atoms with van der Waals surface area (Å²) in [6.45, 7) is 4.04. The van der Waals surface area contributed by atoms with E-state index in [0.717, 1.165) is 24.1 Å². The molecular weight excluding hydrogens is 202 g/mol. The van der Waals surface area contributed by atoms with Crippen LogP contribution in [0.2, 0.25) is 0 Å². The molecule has 0 aromatic heterocycles. The molecule has 2 rings (SSSR count). The normalized spacial score (nSPS) is 17.0.